The molecule has 36 heavy (non-hydrogen) atoms. The number of amides is 1. The molecule has 0 spiro atoms. The lowest BCUT2D eigenvalue weighted by Gasteiger charge is -2.34. The largest absolute Gasteiger partial charge is 0.494 e. The predicted molar refractivity (Wildman–Crippen MR) is 129 cm³/mol. The number of benzene rings is 2. The van der Waals surface area contributed by atoms with Crippen LogP contribution in [0.15, 0.2) is 52.6 Å². The van der Waals surface area contributed by atoms with Gasteiger partial charge >= 0.3 is 6.18 Å². The normalized spacial score (nSPS) is 22.7. The fourth-order valence-electron chi connectivity index (χ4n) is 4.78. The van der Waals surface area contributed by atoms with Crippen molar-refractivity contribution >= 4 is 28.3 Å². The fraction of sp³-hybridized carbons (Fsp3) is 0.360. The van der Waals surface area contributed by atoms with Gasteiger partial charge in [0.15, 0.2) is 16.8 Å². The second-order valence-corrected chi connectivity index (χ2v) is 9.88. The third kappa shape index (κ3) is 3.88. The lowest BCUT2D eigenvalue weighted by Crippen LogP contribution is -2.54. The van der Waals surface area contributed by atoms with E-state index >= 15 is 0 Å². The standard InChI is InChI=1S/C25H26F3N5O3/c1-13-18(23-30-20-16(35-5)11-15(33(2,3)4)12-17(20)36-23)24(34)32-22(29-13)19(14-9-7-6-8-10-14)21(31-32)25(26,27)28/h6-12,19,21-22,31H,1-5H3/p+1. The van der Waals surface area contributed by atoms with E-state index in [2.05, 4.69) is 15.7 Å². The van der Waals surface area contributed by atoms with Crippen molar-refractivity contribution in [3.63, 3.8) is 0 Å². The van der Waals surface area contributed by atoms with E-state index < -0.39 is 30.2 Å². The zero-order valence-electron chi connectivity index (χ0n) is 20.5. The zero-order valence-corrected chi connectivity index (χ0v) is 20.5. The topological polar surface area (TPSA) is 79.6 Å². The van der Waals surface area contributed by atoms with Crippen LogP contribution in [0.2, 0.25) is 0 Å². The molecule has 3 aromatic rings. The molecule has 0 saturated carbocycles. The maximum atomic E-state index is 14.0. The molecular weight excluding hydrogens is 475 g/mol. The molecular formula is C25H27F3N5O3+. The van der Waals surface area contributed by atoms with Gasteiger partial charge in [0, 0.05) is 17.8 Å². The molecule has 0 radical (unpaired) electrons. The number of hydrazine groups is 1. The van der Waals surface area contributed by atoms with E-state index in [9.17, 15) is 18.0 Å². The number of hydrogen-bond donors (Lipinski definition) is 2. The van der Waals surface area contributed by atoms with Gasteiger partial charge in [0.1, 0.15) is 23.5 Å². The first-order chi connectivity index (χ1) is 16.9. The summed E-state index contributed by atoms with van der Waals surface area (Å²) >= 11 is 0. The summed E-state index contributed by atoms with van der Waals surface area (Å²) in [7, 11) is 7.47. The summed E-state index contributed by atoms with van der Waals surface area (Å²) in [6.45, 7) is 1.64. The van der Waals surface area contributed by atoms with Crippen molar-refractivity contribution < 1.29 is 27.1 Å². The monoisotopic (exact) mass is 502 g/mol. The van der Waals surface area contributed by atoms with Crippen molar-refractivity contribution in [2.24, 2.45) is 0 Å². The molecule has 1 fully saturated rings. The number of nitrogens with one attached hydrogen (secondary N) is 2. The molecule has 1 saturated heterocycles. The summed E-state index contributed by atoms with van der Waals surface area (Å²) < 4.78 is 54.1. The number of ether oxygens (including phenoxy) is 1. The lowest BCUT2D eigenvalue weighted by atomic mass is 9.89. The Balaban J connectivity index is 1.59. The first kappa shape index (κ1) is 24.1. The Morgan fingerprint density at radius 3 is 2.44 bits per heavy atom. The third-order valence-electron chi connectivity index (χ3n) is 6.62. The van der Waals surface area contributed by atoms with Gasteiger partial charge in [-0.3, -0.25) is 9.28 Å². The highest BCUT2D eigenvalue weighted by atomic mass is 19.4. The average molecular weight is 503 g/mol. The van der Waals surface area contributed by atoms with Crippen LogP contribution >= 0.6 is 0 Å². The number of alkyl halides is 3. The van der Waals surface area contributed by atoms with Crippen molar-refractivity contribution in [1.82, 2.24) is 25.2 Å². The van der Waals surface area contributed by atoms with Gasteiger partial charge in [0.25, 0.3) is 5.91 Å². The molecule has 8 nitrogen and oxygen atoms in total. The van der Waals surface area contributed by atoms with Crippen LogP contribution in [-0.2, 0) is 4.79 Å². The summed E-state index contributed by atoms with van der Waals surface area (Å²) in [5.74, 6) is -1.23. The van der Waals surface area contributed by atoms with E-state index in [4.69, 9.17) is 9.15 Å². The second-order valence-electron chi connectivity index (χ2n) is 9.88. The number of nitrogens with zero attached hydrogens (tertiary/aromatic N) is 3. The number of carbonyl (C=O) groups excluding carboxylic acids is 1. The minimum Gasteiger partial charge on any atom is -0.494 e. The fourth-order valence-corrected chi connectivity index (χ4v) is 4.78. The van der Waals surface area contributed by atoms with Gasteiger partial charge in [-0.25, -0.2) is 15.4 Å². The van der Waals surface area contributed by atoms with Gasteiger partial charge in [-0.15, -0.1) is 0 Å². The summed E-state index contributed by atoms with van der Waals surface area (Å²) in [5, 5.41) is 4.11. The van der Waals surface area contributed by atoms with E-state index in [-0.39, 0.29) is 11.5 Å². The van der Waals surface area contributed by atoms with Crippen molar-refractivity contribution in [3.8, 4) is 5.75 Å². The predicted octanol–water partition coefficient (Wildman–Crippen LogP) is 3.75. The molecule has 2 aliphatic heterocycles. The Labute approximate surface area is 205 Å². The van der Waals surface area contributed by atoms with Crippen molar-refractivity contribution in [1.29, 1.82) is 0 Å². The van der Waals surface area contributed by atoms with Crippen LogP contribution < -0.4 is 20.0 Å². The van der Waals surface area contributed by atoms with Crippen LogP contribution in [0, 0.1) is 0 Å². The number of oxazole rings is 1. The van der Waals surface area contributed by atoms with Gasteiger partial charge in [-0.2, -0.15) is 13.2 Å². The first-order valence-electron chi connectivity index (χ1n) is 11.4. The molecule has 11 heteroatoms. The van der Waals surface area contributed by atoms with Crippen molar-refractivity contribution in [2.75, 3.05) is 28.3 Å². The minimum atomic E-state index is -4.58. The lowest BCUT2D eigenvalue weighted by molar-refractivity contribution is -0.161. The molecule has 0 bridgehead atoms. The maximum absolute atomic E-state index is 14.0. The van der Waals surface area contributed by atoms with Crippen LogP contribution in [0.3, 0.4) is 0 Å². The van der Waals surface area contributed by atoms with E-state index in [0.29, 0.717) is 32.6 Å². The Morgan fingerprint density at radius 2 is 1.83 bits per heavy atom. The van der Waals surface area contributed by atoms with Gasteiger partial charge < -0.3 is 14.5 Å². The Kier molecular flexibility index (Phi) is 5.53. The third-order valence-corrected chi connectivity index (χ3v) is 6.62. The Hall–Kier alpha value is -3.57. The molecule has 0 aliphatic carbocycles. The molecule has 5 rings (SSSR count). The molecule has 3 atom stereocenters. The highest BCUT2D eigenvalue weighted by molar-refractivity contribution is 6.20. The average Bonchev–Trinajstić information content (AvgIpc) is 3.40. The van der Waals surface area contributed by atoms with Gasteiger partial charge in [-0.05, 0) is 12.5 Å². The molecule has 2 N–H and O–H groups in total. The molecule has 3 unspecified atom stereocenters. The van der Waals surface area contributed by atoms with Crippen LogP contribution in [0.4, 0.5) is 18.9 Å². The molecule has 1 amide bonds. The molecule has 190 valence electrons. The van der Waals surface area contributed by atoms with E-state index in [0.717, 1.165) is 10.7 Å². The van der Waals surface area contributed by atoms with Crippen LogP contribution in [0.5, 0.6) is 5.75 Å². The Bertz CT molecular complexity index is 1360. The van der Waals surface area contributed by atoms with Crippen LogP contribution in [0.1, 0.15) is 24.3 Å². The summed E-state index contributed by atoms with van der Waals surface area (Å²) in [6.07, 6.45) is -5.53. The molecule has 2 aliphatic rings. The number of fused-ring (bicyclic) bond motifs is 2. The van der Waals surface area contributed by atoms with Gasteiger partial charge in [0.2, 0.25) is 5.89 Å². The highest BCUT2D eigenvalue weighted by Crippen LogP contribution is 2.43. The summed E-state index contributed by atoms with van der Waals surface area (Å²) in [5.41, 5.74) is 5.02. The summed E-state index contributed by atoms with van der Waals surface area (Å²) in [6, 6.07) is 10.1. The number of rotatable bonds is 4. The van der Waals surface area contributed by atoms with Gasteiger partial charge in [-0.1, -0.05) is 30.3 Å². The van der Waals surface area contributed by atoms with Crippen molar-refractivity contribution in [2.45, 2.75) is 31.2 Å². The van der Waals surface area contributed by atoms with Gasteiger partial charge in [0.05, 0.1) is 34.2 Å². The molecule has 1 aromatic heterocycles. The second kappa shape index (κ2) is 8.24. The van der Waals surface area contributed by atoms with Crippen LogP contribution in [-0.4, -0.2) is 62.5 Å². The quantitative estimate of drug-likeness (QED) is 0.529. The van der Waals surface area contributed by atoms with Crippen molar-refractivity contribution in [3.05, 3.63) is 59.6 Å². The van der Waals surface area contributed by atoms with E-state index in [1.807, 2.05) is 33.3 Å². The van der Waals surface area contributed by atoms with Crippen LogP contribution in [0.25, 0.3) is 16.7 Å². The number of carbonyl (C=O) groups is 1. The first-order valence-corrected chi connectivity index (χ1v) is 11.4. The number of quaternary nitrogens is 1. The molecule has 2 aromatic carbocycles. The smallest absolute Gasteiger partial charge is 0.406 e. The highest BCUT2D eigenvalue weighted by Gasteiger charge is 2.58. The van der Waals surface area contributed by atoms with E-state index in [1.165, 1.54) is 7.11 Å². The van der Waals surface area contributed by atoms with E-state index in [1.54, 1.807) is 37.3 Å². The minimum absolute atomic E-state index is 0.00355. The number of halogens is 3. The number of aromatic nitrogens is 1. The number of methoxy groups -OCH3 is 1. The zero-order chi connectivity index (χ0) is 26.0. The number of allylic oxidation sites excluding steroid dienone is 1. The number of hydrogen-bond acceptors (Lipinski definition) is 6. The Morgan fingerprint density at radius 1 is 1.14 bits per heavy atom. The summed E-state index contributed by atoms with van der Waals surface area (Å²) in [4.78, 5) is 18.1. The molecule has 3 heterocycles. The SMILES string of the molecule is COc1cc([N+](C)(C)C)cc2oc(C3=C(C)NC4C(c5ccccc5)C(C(F)(F)F)NN4C3=O)nc12. The maximum Gasteiger partial charge on any atom is 0.406 e.